The molecule has 0 aromatic heterocycles. The van der Waals surface area contributed by atoms with Crippen molar-refractivity contribution in [3.05, 3.63) is 70.7 Å². The van der Waals surface area contributed by atoms with E-state index < -0.39 is 0 Å². The molecule has 2 rings (SSSR count). The summed E-state index contributed by atoms with van der Waals surface area (Å²) in [6, 6.07) is 16.8. The predicted octanol–water partition coefficient (Wildman–Crippen LogP) is 3.63. The lowest BCUT2D eigenvalue weighted by Gasteiger charge is -2.05. The van der Waals surface area contributed by atoms with Crippen molar-refractivity contribution in [3.63, 3.8) is 0 Å². The number of carbonyl (C=O) groups is 1. The Morgan fingerprint density at radius 1 is 1.00 bits per heavy atom. The zero-order valence-corrected chi connectivity index (χ0v) is 10.6. The van der Waals surface area contributed by atoms with E-state index in [-0.39, 0.29) is 12.4 Å². The third-order valence-electron chi connectivity index (χ3n) is 2.48. The normalized spacial score (nSPS) is 10.1. The van der Waals surface area contributed by atoms with Crippen molar-refractivity contribution >= 4 is 17.6 Å². The maximum absolute atomic E-state index is 11.6. The van der Waals surface area contributed by atoms with Crippen LogP contribution in [0.1, 0.15) is 11.1 Å². The first-order valence-corrected chi connectivity index (χ1v) is 6.06. The number of hydrogen-bond donors (Lipinski definition) is 0. The Kier molecular flexibility index (Phi) is 4.37. The van der Waals surface area contributed by atoms with Gasteiger partial charge in [0, 0.05) is 5.02 Å². The van der Waals surface area contributed by atoms with Gasteiger partial charge in [-0.3, -0.25) is 4.79 Å². The summed E-state index contributed by atoms with van der Waals surface area (Å²) in [7, 11) is 0. The zero-order chi connectivity index (χ0) is 12.8. The first-order valence-electron chi connectivity index (χ1n) is 5.68. The molecule has 0 bridgehead atoms. The highest BCUT2D eigenvalue weighted by molar-refractivity contribution is 6.30. The fourth-order valence-corrected chi connectivity index (χ4v) is 1.82. The standard InChI is InChI=1S/C15H13ClO2/c16-14-8-4-7-13(9-14)10-15(17)18-11-12-5-2-1-3-6-12/h1-9H,10-11H2. The van der Waals surface area contributed by atoms with Gasteiger partial charge in [-0.05, 0) is 23.3 Å². The van der Waals surface area contributed by atoms with Gasteiger partial charge in [0.2, 0.25) is 0 Å². The van der Waals surface area contributed by atoms with Gasteiger partial charge < -0.3 is 4.74 Å². The highest BCUT2D eigenvalue weighted by Crippen LogP contribution is 2.12. The van der Waals surface area contributed by atoms with Crippen LogP contribution in [0, 0.1) is 0 Å². The van der Waals surface area contributed by atoms with Crippen molar-refractivity contribution in [3.8, 4) is 0 Å². The van der Waals surface area contributed by atoms with Gasteiger partial charge in [-0.1, -0.05) is 54.1 Å². The van der Waals surface area contributed by atoms with Crippen molar-refractivity contribution in [1.29, 1.82) is 0 Å². The number of esters is 1. The summed E-state index contributed by atoms with van der Waals surface area (Å²) < 4.78 is 5.19. The molecule has 2 aromatic rings. The van der Waals surface area contributed by atoms with Crippen LogP contribution in [0.25, 0.3) is 0 Å². The van der Waals surface area contributed by atoms with Crippen LogP contribution >= 0.6 is 11.6 Å². The van der Waals surface area contributed by atoms with E-state index in [1.165, 1.54) is 0 Å². The summed E-state index contributed by atoms with van der Waals surface area (Å²) in [6.45, 7) is 0.306. The minimum Gasteiger partial charge on any atom is -0.461 e. The van der Waals surface area contributed by atoms with Gasteiger partial charge in [-0.15, -0.1) is 0 Å². The number of carbonyl (C=O) groups excluding carboxylic acids is 1. The maximum Gasteiger partial charge on any atom is 0.310 e. The molecule has 0 saturated heterocycles. The third kappa shape index (κ3) is 3.90. The van der Waals surface area contributed by atoms with Crippen LogP contribution in [0.5, 0.6) is 0 Å². The topological polar surface area (TPSA) is 26.3 Å². The lowest BCUT2D eigenvalue weighted by Crippen LogP contribution is -2.07. The third-order valence-corrected chi connectivity index (χ3v) is 2.72. The molecule has 18 heavy (non-hydrogen) atoms. The molecule has 2 aromatic carbocycles. The second-order valence-electron chi connectivity index (χ2n) is 3.95. The van der Waals surface area contributed by atoms with Gasteiger partial charge in [0.05, 0.1) is 6.42 Å². The summed E-state index contributed by atoms with van der Waals surface area (Å²) in [6.07, 6.45) is 0.243. The fraction of sp³-hybridized carbons (Fsp3) is 0.133. The molecule has 0 atom stereocenters. The van der Waals surface area contributed by atoms with Crippen LogP contribution in [-0.2, 0) is 22.6 Å². The molecule has 0 heterocycles. The highest BCUT2D eigenvalue weighted by atomic mass is 35.5. The zero-order valence-electron chi connectivity index (χ0n) is 9.80. The van der Waals surface area contributed by atoms with Crippen LogP contribution in [0.4, 0.5) is 0 Å². The number of rotatable bonds is 4. The van der Waals surface area contributed by atoms with Crippen LogP contribution in [-0.4, -0.2) is 5.97 Å². The van der Waals surface area contributed by atoms with Crippen LogP contribution in [0.3, 0.4) is 0 Å². The molecule has 2 nitrogen and oxygen atoms in total. The first kappa shape index (κ1) is 12.7. The number of benzene rings is 2. The Morgan fingerprint density at radius 2 is 1.72 bits per heavy atom. The Labute approximate surface area is 111 Å². The summed E-state index contributed by atoms with van der Waals surface area (Å²) in [4.78, 5) is 11.6. The van der Waals surface area contributed by atoms with E-state index in [2.05, 4.69) is 0 Å². The number of halogens is 1. The minimum absolute atomic E-state index is 0.243. The Hall–Kier alpha value is -1.80. The minimum atomic E-state index is -0.249. The average molecular weight is 261 g/mol. The van der Waals surface area contributed by atoms with Gasteiger partial charge >= 0.3 is 5.97 Å². The number of hydrogen-bond acceptors (Lipinski definition) is 2. The van der Waals surface area contributed by atoms with E-state index in [0.29, 0.717) is 11.6 Å². The molecule has 3 heteroatoms. The van der Waals surface area contributed by atoms with E-state index in [9.17, 15) is 4.79 Å². The molecule has 0 aliphatic heterocycles. The van der Waals surface area contributed by atoms with E-state index >= 15 is 0 Å². The monoisotopic (exact) mass is 260 g/mol. The molecule has 0 amide bonds. The van der Waals surface area contributed by atoms with Gasteiger partial charge in [-0.25, -0.2) is 0 Å². The van der Waals surface area contributed by atoms with E-state index in [4.69, 9.17) is 16.3 Å². The first-order chi connectivity index (χ1) is 8.74. The van der Waals surface area contributed by atoms with E-state index in [1.807, 2.05) is 42.5 Å². The molecule has 0 fully saturated rings. The molecular formula is C15H13ClO2. The average Bonchev–Trinajstić information content (AvgIpc) is 2.38. The Morgan fingerprint density at radius 3 is 2.44 bits per heavy atom. The SMILES string of the molecule is O=C(Cc1cccc(Cl)c1)OCc1ccccc1. The molecular weight excluding hydrogens is 248 g/mol. The van der Waals surface area contributed by atoms with Crippen LogP contribution in [0.2, 0.25) is 5.02 Å². The number of ether oxygens (including phenoxy) is 1. The molecule has 0 saturated carbocycles. The fourth-order valence-electron chi connectivity index (χ4n) is 1.60. The second-order valence-corrected chi connectivity index (χ2v) is 4.39. The van der Waals surface area contributed by atoms with Crippen molar-refractivity contribution in [1.82, 2.24) is 0 Å². The van der Waals surface area contributed by atoms with Gasteiger partial charge in [0.25, 0.3) is 0 Å². The van der Waals surface area contributed by atoms with E-state index in [0.717, 1.165) is 11.1 Å². The van der Waals surface area contributed by atoms with Gasteiger partial charge in [-0.2, -0.15) is 0 Å². The summed E-state index contributed by atoms with van der Waals surface area (Å²) in [5, 5.41) is 0.628. The molecule has 0 spiro atoms. The molecule has 0 radical (unpaired) electrons. The smallest absolute Gasteiger partial charge is 0.310 e. The van der Waals surface area contributed by atoms with Crippen molar-refractivity contribution in [2.45, 2.75) is 13.0 Å². The largest absolute Gasteiger partial charge is 0.461 e. The highest BCUT2D eigenvalue weighted by Gasteiger charge is 2.05. The van der Waals surface area contributed by atoms with Crippen LogP contribution < -0.4 is 0 Å². The molecule has 0 N–H and O–H groups in total. The Balaban J connectivity index is 1.86. The predicted molar refractivity (Wildman–Crippen MR) is 71.4 cm³/mol. The van der Waals surface area contributed by atoms with Crippen molar-refractivity contribution < 1.29 is 9.53 Å². The molecule has 0 unspecified atom stereocenters. The summed E-state index contributed by atoms with van der Waals surface area (Å²) in [5.41, 5.74) is 1.84. The van der Waals surface area contributed by atoms with Crippen molar-refractivity contribution in [2.75, 3.05) is 0 Å². The lowest BCUT2D eigenvalue weighted by molar-refractivity contribution is -0.144. The molecule has 0 aliphatic rings. The second kappa shape index (κ2) is 6.22. The Bertz CT molecular complexity index is 523. The quantitative estimate of drug-likeness (QED) is 0.785. The molecule has 92 valence electrons. The van der Waals surface area contributed by atoms with Gasteiger partial charge in [0.15, 0.2) is 0 Å². The maximum atomic E-state index is 11.6. The van der Waals surface area contributed by atoms with E-state index in [1.54, 1.807) is 12.1 Å². The summed E-state index contributed by atoms with van der Waals surface area (Å²) in [5.74, 6) is -0.249. The van der Waals surface area contributed by atoms with Gasteiger partial charge in [0.1, 0.15) is 6.61 Å². The summed E-state index contributed by atoms with van der Waals surface area (Å²) >= 11 is 5.85. The lowest BCUT2D eigenvalue weighted by atomic mass is 10.1. The molecule has 0 aliphatic carbocycles. The van der Waals surface area contributed by atoms with Crippen molar-refractivity contribution in [2.24, 2.45) is 0 Å². The van der Waals surface area contributed by atoms with Crippen LogP contribution in [0.15, 0.2) is 54.6 Å².